The topological polar surface area (TPSA) is 226 Å². The maximum Gasteiger partial charge on any atom is 0.326 e. The summed E-state index contributed by atoms with van der Waals surface area (Å²) in [4.78, 5) is 63.3. The van der Waals surface area contributed by atoms with Gasteiger partial charge in [-0.15, -0.1) is 0 Å². The monoisotopic (exact) mass is 578 g/mol. The summed E-state index contributed by atoms with van der Waals surface area (Å²) in [6, 6.07) is 0.739. The van der Waals surface area contributed by atoms with E-state index in [-0.39, 0.29) is 18.1 Å². The summed E-state index contributed by atoms with van der Waals surface area (Å²) in [6.07, 6.45) is 1.79. The average Bonchev–Trinajstić information content (AvgIpc) is 2.90. The van der Waals surface area contributed by atoms with Crippen LogP contribution in [0.5, 0.6) is 5.75 Å². The largest absolute Gasteiger partial charge is 0.508 e. The first-order valence-corrected chi connectivity index (χ1v) is 13.9. The smallest absolute Gasteiger partial charge is 0.326 e. The lowest BCUT2D eigenvalue weighted by Gasteiger charge is -2.27. The molecule has 0 aliphatic carbocycles. The normalized spacial score (nSPS) is 14.9. The zero-order valence-corrected chi connectivity index (χ0v) is 24.5. The van der Waals surface area contributed by atoms with Gasteiger partial charge in [0.25, 0.3) is 0 Å². The van der Waals surface area contributed by atoms with Crippen LogP contribution in [0.3, 0.4) is 0 Å². The second kappa shape index (κ2) is 17.2. The van der Waals surface area contributed by atoms with Gasteiger partial charge in [0.1, 0.15) is 29.9 Å². The molecule has 0 aliphatic heterocycles. The van der Waals surface area contributed by atoms with E-state index in [0.717, 1.165) is 6.42 Å². The van der Waals surface area contributed by atoms with Gasteiger partial charge in [0, 0.05) is 6.42 Å². The van der Waals surface area contributed by atoms with Crippen molar-refractivity contribution in [3.63, 3.8) is 0 Å². The van der Waals surface area contributed by atoms with Crippen molar-refractivity contribution in [3.8, 4) is 5.75 Å². The molecule has 0 bridgehead atoms. The quantitative estimate of drug-likeness (QED) is 0.114. The fourth-order valence-corrected chi connectivity index (χ4v) is 3.95. The minimum atomic E-state index is -1.28. The summed E-state index contributed by atoms with van der Waals surface area (Å²) in [7, 11) is 0. The van der Waals surface area contributed by atoms with Crippen LogP contribution in [0.15, 0.2) is 24.3 Å². The zero-order valence-electron chi connectivity index (χ0n) is 24.5. The van der Waals surface area contributed by atoms with E-state index in [0.29, 0.717) is 24.9 Å². The first-order chi connectivity index (χ1) is 19.2. The Hall–Kier alpha value is -3.71. The molecule has 1 aromatic rings. The van der Waals surface area contributed by atoms with E-state index in [4.69, 9.17) is 11.5 Å². The number of carboxylic acids is 1. The number of phenols is 1. The van der Waals surface area contributed by atoms with Crippen LogP contribution in [-0.4, -0.2) is 76.6 Å². The van der Waals surface area contributed by atoms with Crippen LogP contribution in [0.1, 0.15) is 59.4 Å². The number of unbranched alkanes of at least 4 members (excludes halogenated alkanes) is 1. The molecule has 5 atom stereocenters. The number of aromatic hydroxyl groups is 1. The van der Waals surface area contributed by atoms with Gasteiger partial charge in [-0.2, -0.15) is 0 Å². The van der Waals surface area contributed by atoms with E-state index >= 15 is 0 Å². The van der Waals surface area contributed by atoms with Gasteiger partial charge in [-0.3, -0.25) is 19.2 Å². The van der Waals surface area contributed by atoms with E-state index in [1.54, 1.807) is 39.8 Å². The Kier molecular flexibility index (Phi) is 14.8. The number of amides is 4. The zero-order chi connectivity index (χ0) is 31.3. The van der Waals surface area contributed by atoms with Gasteiger partial charge in [-0.25, -0.2) is 4.79 Å². The van der Waals surface area contributed by atoms with Crippen LogP contribution in [0, 0.1) is 11.8 Å². The summed E-state index contributed by atoms with van der Waals surface area (Å²) in [5.74, 6) is -4.38. The molecule has 0 spiro atoms. The summed E-state index contributed by atoms with van der Waals surface area (Å²) < 4.78 is 0. The highest BCUT2D eigenvalue weighted by atomic mass is 16.4. The molecule has 1 rings (SSSR count). The number of rotatable bonds is 17. The average molecular weight is 579 g/mol. The van der Waals surface area contributed by atoms with Crippen molar-refractivity contribution in [3.05, 3.63) is 29.8 Å². The molecule has 230 valence electrons. The molecule has 10 N–H and O–H groups in total. The van der Waals surface area contributed by atoms with Crippen LogP contribution in [0.2, 0.25) is 0 Å². The van der Waals surface area contributed by atoms with Crippen molar-refractivity contribution in [2.24, 2.45) is 23.3 Å². The van der Waals surface area contributed by atoms with Gasteiger partial charge in [0.05, 0.1) is 6.04 Å². The van der Waals surface area contributed by atoms with E-state index < -0.39 is 65.7 Å². The molecule has 1 aromatic carbocycles. The van der Waals surface area contributed by atoms with E-state index in [1.807, 2.05) is 0 Å². The second-order valence-corrected chi connectivity index (χ2v) is 10.9. The summed E-state index contributed by atoms with van der Waals surface area (Å²) >= 11 is 0. The lowest BCUT2D eigenvalue weighted by atomic mass is 10.0. The molecule has 0 radical (unpaired) electrons. The van der Waals surface area contributed by atoms with Crippen LogP contribution >= 0.6 is 0 Å². The molecule has 0 aromatic heterocycles. The van der Waals surface area contributed by atoms with Crippen molar-refractivity contribution >= 4 is 29.6 Å². The Labute approximate surface area is 241 Å². The number of hydrogen-bond donors (Lipinski definition) is 8. The first-order valence-electron chi connectivity index (χ1n) is 13.9. The predicted molar refractivity (Wildman–Crippen MR) is 153 cm³/mol. The van der Waals surface area contributed by atoms with Gasteiger partial charge < -0.3 is 42.9 Å². The van der Waals surface area contributed by atoms with Crippen LogP contribution < -0.4 is 32.7 Å². The van der Waals surface area contributed by atoms with Crippen LogP contribution in [0.25, 0.3) is 0 Å². The Morgan fingerprint density at radius 1 is 0.756 bits per heavy atom. The van der Waals surface area contributed by atoms with Gasteiger partial charge >= 0.3 is 5.97 Å². The summed E-state index contributed by atoms with van der Waals surface area (Å²) in [5, 5.41) is 29.3. The molecule has 0 saturated carbocycles. The number of hydrogen-bond acceptors (Lipinski definition) is 8. The van der Waals surface area contributed by atoms with Crippen molar-refractivity contribution < 1.29 is 34.2 Å². The summed E-state index contributed by atoms with van der Waals surface area (Å²) in [5.41, 5.74) is 12.0. The van der Waals surface area contributed by atoms with Gasteiger partial charge in [0.15, 0.2) is 0 Å². The molecule has 0 fully saturated rings. The Morgan fingerprint density at radius 3 is 1.76 bits per heavy atom. The fraction of sp³-hybridized carbons (Fsp3) is 0.607. The highest BCUT2D eigenvalue weighted by molar-refractivity contribution is 5.95. The number of phenolic OH excluding ortho intramolecular Hbond substituents is 1. The number of nitrogens with one attached hydrogen (secondary N) is 4. The Morgan fingerprint density at radius 2 is 1.27 bits per heavy atom. The molecule has 0 unspecified atom stereocenters. The number of aliphatic carboxylic acids is 1. The van der Waals surface area contributed by atoms with Crippen molar-refractivity contribution in [1.82, 2.24) is 21.3 Å². The molecule has 41 heavy (non-hydrogen) atoms. The highest BCUT2D eigenvalue weighted by Crippen LogP contribution is 2.12. The van der Waals surface area contributed by atoms with Gasteiger partial charge in [0.2, 0.25) is 23.6 Å². The third-order valence-corrected chi connectivity index (χ3v) is 6.54. The van der Waals surface area contributed by atoms with Crippen molar-refractivity contribution in [2.75, 3.05) is 6.54 Å². The van der Waals surface area contributed by atoms with Gasteiger partial charge in [-0.1, -0.05) is 46.2 Å². The summed E-state index contributed by atoms with van der Waals surface area (Å²) in [6.45, 7) is 8.78. The third-order valence-electron chi connectivity index (χ3n) is 6.54. The Bertz CT molecular complexity index is 1030. The molecule has 0 saturated heterocycles. The SMILES string of the molecule is CC(C)[C@H](NC(=O)[C@H](C)NC(=O)[C@@H](NC(=O)[C@@H](N)CCCCN)C(C)C)C(=O)N[C@@H](Cc1ccc(O)cc1)C(=O)O. The number of nitrogens with two attached hydrogens (primary N) is 2. The molecular formula is C28H46N6O7. The number of benzene rings is 1. The van der Waals surface area contributed by atoms with Crippen molar-refractivity contribution in [2.45, 2.75) is 90.5 Å². The molecule has 4 amide bonds. The maximum absolute atomic E-state index is 13.0. The molecular weight excluding hydrogens is 532 g/mol. The molecule has 13 heteroatoms. The minimum Gasteiger partial charge on any atom is -0.508 e. The lowest BCUT2D eigenvalue weighted by Crippen LogP contribution is -2.59. The molecule has 0 heterocycles. The van der Waals surface area contributed by atoms with Crippen molar-refractivity contribution in [1.29, 1.82) is 0 Å². The van der Waals surface area contributed by atoms with E-state index in [1.165, 1.54) is 19.1 Å². The second-order valence-electron chi connectivity index (χ2n) is 10.9. The minimum absolute atomic E-state index is 0.0254. The van der Waals surface area contributed by atoms with E-state index in [2.05, 4.69) is 21.3 Å². The van der Waals surface area contributed by atoms with Gasteiger partial charge in [-0.05, 0) is 55.8 Å². The first kappa shape index (κ1) is 35.3. The number of carboxylic acid groups (broad SMARTS) is 1. The number of carbonyl (C=O) groups is 5. The third kappa shape index (κ3) is 12.1. The van der Waals surface area contributed by atoms with Crippen LogP contribution in [-0.2, 0) is 30.4 Å². The highest BCUT2D eigenvalue weighted by Gasteiger charge is 2.32. The molecule has 13 nitrogen and oxygen atoms in total. The predicted octanol–water partition coefficient (Wildman–Crippen LogP) is -0.253. The fourth-order valence-electron chi connectivity index (χ4n) is 3.95. The number of carbonyl (C=O) groups excluding carboxylic acids is 4. The lowest BCUT2D eigenvalue weighted by molar-refractivity contribution is -0.142. The van der Waals surface area contributed by atoms with Crippen LogP contribution in [0.4, 0.5) is 0 Å². The standard InChI is InChI=1S/C28H46N6O7/c1-15(2)22(34-25(37)20(30)8-6-7-13-29)26(38)31-17(5)24(36)33-23(16(3)4)27(39)32-21(28(40)41)14-18-9-11-19(35)12-10-18/h9-12,15-17,20-23,35H,6-8,13-14,29-30H2,1-5H3,(H,31,38)(H,32,39)(H,33,36)(H,34,37)(H,40,41)/t17-,20-,21-,22-,23-/m0/s1. The maximum atomic E-state index is 13.0. The van der Waals surface area contributed by atoms with E-state index in [9.17, 15) is 34.2 Å². The molecule has 0 aliphatic rings. The Balaban J connectivity index is 2.83.